The van der Waals surface area contributed by atoms with E-state index in [-0.39, 0.29) is 0 Å². The van der Waals surface area contributed by atoms with Gasteiger partial charge in [-0.05, 0) is 27.6 Å². The van der Waals surface area contributed by atoms with Gasteiger partial charge in [0.2, 0.25) is 0 Å². The Morgan fingerprint density at radius 2 is 1.47 bits per heavy atom. The Morgan fingerprint density at radius 1 is 1.24 bits per heavy atom. The highest BCUT2D eigenvalue weighted by atomic mass is 32.3. The Labute approximate surface area is 102 Å². The molecule has 0 fully saturated rings. The van der Waals surface area contributed by atoms with Crippen LogP contribution in [0.15, 0.2) is 12.2 Å². The van der Waals surface area contributed by atoms with Gasteiger partial charge < -0.3 is 10.0 Å². The maximum Gasteiger partial charge on any atom is 0.394 e. The van der Waals surface area contributed by atoms with Crippen molar-refractivity contribution < 1.29 is 27.4 Å². The van der Waals surface area contributed by atoms with Crippen LogP contribution in [0.1, 0.15) is 19.8 Å². The largest absolute Gasteiger partial charge is 0.478 e. The third-order valence-corrected chi connectivity index (χ3v) is 0.854. The van der Waals surface area contributed by atoms with Crippen LogP contribution in [-0.4, -0.2) is 54.6 Å². The maximum absolute atomic E-state index is 9.99. The van der Waals surface area contributed by atoms with Crippen LogP contribution in [0.3, 0.4) is 0 Å². The van der Waals surface area contributed by atoms with Crippen molar-refractivity contribution in [1.82, 2.24) is 4.90 Å². The van der Waals surface area contributed by atoms with Crippen LogP contribution in [-0.2, 0) is 15.2 Å². The number of hydrogen-bond acceptors (Lipinski definition) is 4. The van der Waals surface area contributed by atoms with E-state index in [1.165, 1.54) is 0 Å². The molecule has 104 valence electrons. The molecule has 3 N–H and O–H groups in total. The molecule has 0 bridgehead atoms. The van der Waals surface area contributed by atoms with Crippen molar-refractivity contribution in [2.75, 3.05) is 21.1 Å². The average Bonchev–Trinajstić information content (AvgIpc) is 1.99. The predicted octanol–water partition coefficient (Wildman–Crippen LogP) is 0.952. The minimum Gasteiger partial charge on any atom is -0.478 e. The zero-order chi connectivity index (χ0) is 14.6. The van der Waals surface area contributed by atoms with E-state index >= 15 is 0 Å². The molecule has 0 spiro atoms. The number of nitrogens with zero attached hydrogens (tertiary/aromatic N) is 1. The number of rotatable bonds is 3. The van der Waals surface area contributed by atoms with Gasteiger partial charge in [0.05, 0.1) is 0 Å². The SMILES string of the molecule is C=C(CCC)C(=O)O.CN(C)C.O=S(=O)(O)O. The van der Waals surface area contributed by atoms with E-state index in [2.05, 4.69) is 6.58 Å². The number of aliphatic carboxylic acids is 1. The van der Waals surface area contributed by atoms with Crippen LogP contribution < -0.4 is 0 Å². The minimum atomic E-state index is -4.67. The van der Waals surface area contributed by atoms with Gasteiger partial charge in [-0.25, -0.2) is 4.79 Å². The topological polar surface area (TPSA) is 115 Å². The Balaban J connectivity index is -0.000000188. The molecule has 0 rings (SSSR count). The van der Waals surface area contributed by atoms with Crippen molar-refractivity contribution in [3.05, 3.63) is 12.2 Å². The van der Waals surface area contributed by atoms with E-state index in [9.17, 15) is 4.79 Å². The van der Waals surface area contributed by atoms with Crippen molar-refractivity contribution in [1.29, 1.82) is 0 Å². The third-order valence-electron chi connectivity index (χ3n) is 0.854. The number of hydrogen-bond donors (Lipinski definition) is 3. The second-order valence-corrected chi connectivity index (χ2v) is 4.34. The van der Waals surface area contributed by atoms with Crippen LogP contribution in [0, 0.1) is 0 Å². The first kappa shape index (κ1) is 21.3. The zero-order valence-corrected chi connectivity index (χ0v) is 11.4. The predicted molar refractivity (Wildman–Crippen MR) is 65.5 cm³/mol. The Morgan fingerprint density at radius 3 is 1.53 bits per heavy atom. The fourth-order valence-electron chi connectivity index (χ4n) is 0.409. The highest BCUT2D eigenvalue weighted by molar-refractivity contribution is 7.79. The standard InChI is InChI=1S/C6H10O2.C3H9N.H2O4S/c1-3-4-5(2)6(7)8;1-4(2)3;1-5(2,3)4/h2-4H2,1H3,(H,7,8);1-3H3;(H2,1,2,3,4). The fraction of sp³-hybridized carbons (Fsp3) is 0.667. The summed E-state index contributed by atoms with van der Waals surface area (Å²) in [5, 5.41) is 8.21. The maximum atomic E-state index is 9.99. The lowest BCUT2D eigenvalue weighted by Gasteiger charge is -1.92. The van der Waals surface area contributed by atoms with Crippen molar-refractivity contribution in [3.63, 3.8) is 0 Å². The molecule has 0 atom stereocenters. The summed E-state index contributed by atoms with van der Waals surface area (Å²) < 4.78 is 31.6. The minimum absolute atomic E-state index is 0.299. The molecule has 7 nitrogen and oxygen atoms in total. The summed E-state index contributed by atoms with van der Waals surface area (Å²) in [4.78, 5) is 12.0. The van der Waals surface area contributed by atoms with Crippen LogP contribution >= 0.6 is 0 Å². The molecule has 0 aromatic rings. The molecular formula is C9H21NO6S. The second-order valence-electron chi connectivity index (χ2n) is 3.45. The Hall–Kier alpha value is -0.960. The highest BCUT2D eigenvalue weighted by Gasteiger charge is 1.99. The molecule has 0 saturated heterocycles. The molecule has 0 radical (unpaired) electrons. The monoisotopic (exact) mass is 271 g/mol. The lowest BCUT2D eigenvalue weighted by molar-refractivity contribution is -0.132. The lowest BCUT2D eigenvalue weighted by atomic mass is 10.2. The fourth-order valence-corrected chi connectivity index (χ4v) is 0.409. The van der Waals surface area contributed by atoms with E-state index in [0.29, 0.717) is 12.0 Å². The van der Waals surface area contributed by atoms with Crippen LogP contribution in [0.4, 0.5) is 0 Å². The summed E-state index contributed by atoms with van der Waals surface area (Å²) in [6.07, 6.45) is 1.44. The average molecular weight is 271 g/mol. The van der Waals surface area contributed by atoms with Crippen LogP contribution in [0.5, 0.6) is 0 Å². The van der Waals surface area contributed by atoms with E-state index in [4.69, 9.17) is 22.6 Å². The van der Waals surface area contributed by atoms with Gasteiger partial charge in [-0.1, -0.05) is 19.9 Å². The first-order valence-electron chi connectivity index (χ1n) is 4.63. The summed E-state index contributed by atoms with van der Waals surface area (Å²) in [7, 11) is 1.33. The summed E-state index contributed by atoms with van der Waals surface area (Å²) in [6, 6.07) is 0. The van der Waals surface area contributed by atoms with Gasteiger partial charge >= 0.3 is 16.4 Å². The summed E-state index contributed by atoms with van der Waals surface area (Å²) in [5.74, 6) is -0.883. The van der Waals surface area contributed by atoms with Crippen LogP contribution in [0.2, 0.25) is 0 Å². The van der Waals surface area contributed by atoms with Gasteiger partial charge in [0, 0.05) is 5.57 Å². The van der Waals surface area contributed by atoms with Crippen molar-refractivity contribution in [2.24, 2.45) is 0 Å². The van der Waals surface area contributed by atoms with E-state index in [1.807, 2.05) is 33.0 Å². The van der Waals surface area contributed by atoms with Gasteiger partial charge in [0.25, 0.3) is 0 Å². The molecule has 0 amide bonds. The Bertz CT molecular complexity index is 299. The summed E-state index contributed by atoms with van der Waals surface area (Å²) in [6.45, 7) is 5.27. The Kier molecular flexibility index (Phi) is 14.5. The first-order valence-corrected chi connectivity index (χ1v) is 6.03. The van der Waals surface area contributed by atoms with Gasteiger partial charge in [-0.15, -0.1) is 0 Å². The lowest BCUT2D eigenvalue weighted by Crippen LogP contribution is -1.99. The molecule has 0 saturated carbocycles. The first-order chi connectivity index (χ1) is 7.41. The molecule has 0 aliphatic heterocycles. The van der Waals surface area contributed by atoms with Crippen molar-refractivity contribution in [2.45, 2.75) is 19.8 Å². The molecule has 0 heterocycles. The molecule has 0 aliphatic carbocycles. The smallest absolute Gasteiger partial charge is 0.394 e. The van der Waals surface area contributed by atoms with E-state index in [0.717, 1.165) is 6.42 Å². The molecule has 0 aromatic heterocycles. The second kappa shape index (κ2) is 11.5. The normalized spacial score (nSPS) is 9.59. The molecule has 0 aliphatic rings. The molecule has 8 heteroatoms. The summed E-state index contributed by atoms with van der Waals surface area (Å²) >= 11 is 0. The van der Waals surface area contributed by atoms with E-state index < -0.39 is 16.4 Å². The van der Waals surface area contributed by atoms with Crippen molar-refractivity contribution >= 4 is 16.4 Å². The summed E-state index contributed by atoms with van der Waals surface area (Å²) in [5.41, 5.74) is 0.299. The van der Waals surface area contributed by atoms with Crippen molar-refractivity contribution in [3.8, 4) is 0 Å². The number of carboxylic acids is 1. The van der Waals surface area contributed by atoms with Gasteiger partial charge in [0.15, 0.2) is 0 Å². The van der Waals surface area contributed by atoms with Gasteiger partial charge in [-0.2, -0.15) is 8.42 Å². The van der Waals surface area contributed by atoms with Gasteiger partial charge in [0.1, 0.15) is 0 Å². The quantitative estimate of drug-likeness (QED) is 0.517. The molecule has 0 unspecified atom stereocenters. The van der Waals surface area contributed by atoms with Crippen LogP contribution in [0.25, 0.3) is 0 Å². The third kappa shape index (κ3) is 70.1. The molecule has 17 heavy (non-hydrogen) atoms. The number of carbonyl (C=O) groups is 1. The molecule has 0 aromatic carbocycles. The number of carboxylic acid groups (broad SMARTS) is 1. The van der Waals surface area contributed by atoms with Gasteiger partial charge in [-0.3, -0.25) is 9.11 Å². The zero-order valence-electron chi connectivity index (χ0n) is 10.5. The highest BCUT2D eigenvalue weighted by Crippen LogP contribution is 1.99. The molecular weight excluding hydrogens is 250 g/mol. The van der Waals surface area contributed by atoms with E-state index in [1.54, 1.807) is 0 Å².